The monoisotopic (exact) mass is 422 g/mol. The Morgan fingerprint density at radius 3 is 2.60 bits per heavy atom. The van der Waals surface area contributed by atoms with E-state index in [1.807, 2.05) is 30.3 Å². The maximum atomic E-state index is 12.4. The molecule has 0 spiro atoms. The zero-order chi connectivity index (χ0) is 18.2. The molecule has 0 saturated carbocycles. The predicted octanol–water partition coefficient (Wildman–Crippen LogP) is 2.97. The van der Waals surface area contributed by atoms with Gasteiger partial charge in [-0.15, -0.1) is 0 Å². The number of amides is 1. The van der Waals surface area contributed by atoms with Gasteiger partial charge in [0.15, 0.2) is 5.11 Å². The summed E-state index contributed by atoms with van der Waals surface area (Å²) in [5.41, 5.74) is 1.50. The van der Waals surface area contributed by atoms with Crippen molar-refractivity contribution in [3.8, 4) is 5.75 Å². The van der Waals surface area contributed by atoms with Gasteiger partial charge < -0.3 is 14.7 Å². The highest BCUT2D eigenvalue weighted by atomic mass is 79.9. The molecule has 0 aliphatic rings. The maximum absolute atomic E-state index is 12.4. The third-order valence-corrected chi connectivity index (χ3v) is 4.49. The molecule has 5 nitrogen and oxygen atoms in total. The van der Waals surface area contributed by atoms with E-state index in [0.29, 0.717) is 28.9 Å². The number of nitrogens with zero attached hydrogens (tertiary/aromatic N) is 1. The molecule has 0 saturated heterocycles. The van der Waals surface area contributed by atoms with Gasteiger partial charge in [-0.25, -0.2) is 0 Å². The number of carbonyl (C=O) groups excluding carboxylic acids is 1. The van der Waals surface area contributed by atoms with Crippen molar-refractivity contribution < 1.29 is 14.6 Å². The van der Waals surface area contributed by atoms with E-state index in [1.165, 1.54) is 0 Å². The molecule has 0 bridgehead atoms. The third-order valence-electron chi connectivity index (χ3n) is 3.51. The van der Waals surface area contributed by atoms with Crippen molar-refractivity contribution in [2.75, 3.05) is 20.3 Å². The van der Waals surface area contributed by atoms with Crippen molar-refractivity contribution in [2.24, 2.45) is 0 Å². The van der Waals surface area contributed by atoms with Crippen LogP contribution in [0.4, 0.5) is 0 Å². The van der Waals surface area contributed by atoms with Crippen molar-refractivity contribution >= 4 is 39.2 Å². The number of hydrogen-bond donors (Lipinski definition) is 2. The summed E-state index contributed by atoms with van der Waals surface area (Å²) in [5, 5.41) is 12.3. The van der Waals surface area contributed by atoms with E-state index in [-0.39, 0.29) is 17.6 Å². The SMILES string of the molecule is COc1ccc(C(=O)NC(=S)N(CCO)Cc2ccccc2)cc1Br. The highest BCUT2D eigenvalue weighted by Crippen LogP contribution is 2.25. The van der Waals surface area contributed by atoms with Crippen LogP contribution < -0.4 is 10.1 Å². The van der Waals surface area contributed by atoms with E-state index in [9.17, 15) is 9.90 Å². The second-order valence-electron chi connectivity index (χ2n) is 5.24. The van der Waals surface area contributed by atoms with E-state index >= 15 is 0 Å². The molecule has 0 unspecified atom stereocenters. The summed E-state index contributed by atoms with van der Waals surface area (Å²) in [6, 6.07) is 14.8. The van der Waals surface area contributed by atoms with Gasteiger partial charge in [0.1, 0.15) is 5.75 Å². The summed E-state index contributed by atoms with van der Waals surface area (Å²) in [6.07, 6.45) is 0. The minimum absolute atomic E-state index is 0.0586. The first-order valence-electron chi connectivity index (χ1n) is 7.63. The van der Waals surface area contributed by atoms with E-state index < -0.39 is 0 Å². The number of aliphatic hydroxyl groups excluding tert-OH is 1. The molecule has 25 heavy (non-hydrogen) atoms. The van der Waals surface area contributed by atoms with Crippen LogP contribution in [0.15, 0.2) is 53.0 Å². The molecule has 0 fully saturated rings. The van der Waals surface area contributed by atoms with E-state index in [1.54, 1.807) is 30.2 Å². The number of nitrogens with one attached hydrogen (secondary N) is 1. The van der Waals surface area contributed by atoms with Crippen molar-refractivity contribution in [3.05, 3.63) is 64.1 Å². The summed E-state index contributed by atoms with van der Waals surface area (Å²) in [5.74, 6) is 0.328. The predicted molar refractivity (Wildman–Crippen MR) is 105 cm³/mol. The van der Waals surface area contributed by atoms with Crippen molar-refractivity contribution in [2.45, 2.75) is 6.54 Å². The molecule has 2 N–H and O–H groups in total. The lowest BCUT2D eigenvalue weighted by molar-refractivity contribution is 0.0971. The molecular formula is C18H19BrN2O3S. The molecule has 0 aliphatic heterocycles. The highest BCUT2D eigenvalue weighted by molar-refractivity contribution is 9.10. The van der Waals surface area contributed by atoms with Crippen LogP contribution >= 0.6 is 28.1 Å². The Morgan fingerprint density at radius 2 is 2.00 bits per heavy atom. The second kappa shape index (κ2) is 9.50. The number of halogens is 1. The van der Waals surface area contributed by atoms with E-state index in [2.05, 4.69) is 21.2 Å². The second-order valence-corrected chi connectivity index (χ2v) is 6.48. The summed E-state index contributed by atoms with van der Waals surface area (Å²) in [7, 11) is 1.56. The first-order chi connectivity index (χ1) is 12.0. The fourth-order valence-electron chi connectivity index (χ4n) is 2.23. The molecule has 0 radical (unpaired) electrons. The quantitative estimate of drug-likeness (QED) is 0.700. The van der Waals surface area contributed by atoms with Crippen LogP contribution in [0.1, 0.15) is 15.9 Å². The van der Waals surface area contributed by atoms with Crippen LogP contribution in [0.5, 0.6) is 5.75 Å². The van der Waals surface area contributed by atoms with Crippen molar-refractivity contribution in [1.29, 1.82) is 0 Å². The fourth-order valence-corrected chi connectivity index (χ4v) is 3.02. The van der Waals surface area contributed by atoms with E-state index in [0.717, 1.165) is 5.56 Å². The summed E-state index contributed by atoms with van der Waals surface area (Å²) in [6.45, 7) is 0.782. The van der Waals surface area contributed by atoms with Gasteiger partial charge in [0.05, 0.1) is 18.2 Å². The molecule has 2 aromatic rings. The molecule has 7 heteroatoms. The minimum Gasteiger partial charge on any atom is -0.496 e. The smallest absolute Gasteiger partial charge is 0.257 e. The van der Waals surface area contributed by atoms with Gasteiger partial charge in [-0.2, -0.15) is 0 Å². The molecule has 2 aromatic carbocycles. The number of ether oxygens (including phenoxy) is 1. The average Bonchev–Trinajstić information content (AvgIpc) is 2.62. The molecular weight excluding hydrogens is 404 g/mol. The maximum Gasteiger partial charge on any atom is 0.257 e. The Labute approximate surface area is 160 Å². The number of rotatable bonds is 6. The Hall–Kier alpha value is -1.96. The minimum atomic E-state index is -0.315. The van der Waals surface area contributed by atoms with Gasteiger partial charge in [-0.3, -0.25) is 10.1 Å². The van der Waals surface area contributed by atoms with Gasteiger partial charge in [-0.1, -0.05) is 30.3 Å². The molecule has 0 aliphatic carbocycles. The van der Waals surface area contributed by atoms with Crippen molar-refractivity contribution in [1.82, 2.24) is 10.2 Å². The van der Waals surface area contributed by atoms with Crippen LogP contribution in [-0.2, 0) is 6.54 Å². The molecule has 0 aromatic heterocycles. The Balaban J connectivity index is 2.06. The zero-order valence-corrected chi connectivity index (χ0v) is 16.1. The lowest BCUT2D eigenvalue weighted by Crippen LogP contribution is -2.43. The van der Waals surface area contributed by atoms with Crippen LogP contribution in [0.25, 0.3) is 0 Å². The fraction of sp³-hybridized carbons (Fsp3) is 0.222. The summed E-state index contributed by atoms with van der Waals surface area (Å²) in [4.78, 5) is 14.2. The molecule has 0 atom stereocenters. The zero-order valence-electron chi connectivity index (χ0n) is 13.7. The number of benzene rings is 2. The lowest BCUT2D eigenvalue weighted by atomic mass is 10.2. The van der Waals surface area contributed by atoms with Gasteiger partial charge in [0.2, 0.25) is 0 Å². The Kier molecular flexibility index (Phi) is 7.36. The normalized spacial score (nSPS) is 10.2. The van der Waals surface area contributed by atoms with Crippen LogP contribution in [0.2, 0.25) is 0 Å². The number of thiocarbonyl (C=S) groups is 1. The molecule has 0 heterocycles. The van der Waals surface area contributed by atoms with Crippen molar-refractivity contribution in [3.63, 3.8) is 0 Å². The first-order valence-corrected chi connectivity index (χ1v) is 8.84. The highest BCUT2D eigenvalue weighted by Gasteiger charge is 2.15. The Morgan fingerprint density at radius 1 is 1.28 bits per heavy atom. The largest absolute Gasteiger partial charge is 0.496 e. The number of aliphatic hydroxyl groups is 1. The first kappa shape index (κ1) is 19.4. The number of methoxy groups -OCH3 is 1. The van der Waals surface area contributed by atoms with Crippen LogP contribution in [0.3, 0.4) is 0 Å². The number of carbonyl (C=O) groups is 1. The summed E-state index contributed by atoms with van der Waals surface area (Å²) >= 11 is 8.70. The van der Waals surface area contributed by atoms with Gasteiger partial charge in [0.25, 0.3) is 5.91 Å². The average molecular weight is 423 g/mol. The van der Waals surface area contributed by atoms with Gasteiger partial charge in [-0.05, 0) is 51.9 Å². The topological polar surface area (TPSA) is 61.8 Å². The van der Waals surface area contributed by atoms with Gasteiger partial charge >= 0.3 is 0 Å². The number of hydrogen-bond acceptors (Lipinski definition) is 4. The van der Waals surface area contributed by atoms with Crippen LogP contribution in [-0.4, -0.2) is 41.3 Å². The van der Waals surface area contributed by atoms with Gasteiger partial charge in [0, 0.05) is 18.7 Å². The molecule has 1 amide bonds. The van der Waals surface area contributed by atoms with Crippen LogP contribution in [0, 0.1) is 0 Å². The van der Waals surface area contributed by atoms with E-state index in [4.69, 9.17) is 17.0 Å². The molecule has 132 valence electrons. The summed E-state index contributed by atoms with van der Waals surface area (Å²) < 4.78 is 5.84. The Bertz CT molecular complexity index is 740. The lowest BCUT2D eigenvalue weighted by Gasteiger charge is -2.24. The third kappa shape index (κ3) is 5.52. The molecule has 2 rings (SSSR count). The standard InChI is InChI=1S/C18H19BrN2O3S/c1-24-16-8-7-14(11-15(16)19)17(23)20-18(25)21(9-10-22)12-13-5-3-2-4-6-13/h2-8,11,22H,9-10,12H2,1H3,(H,20,23,25).